The molecule has 1 N–H and O–H groups in total. The van der Waals surface area contributed by atoms with Gasteiger partial charge in [-0.25, -0.2) is 0 Å². The molecule has 1 rings (SSSR count). The predicted molar refractivity (Wildman–Crippen MR) is 42.4 cm³/mol. The van der Waals surface area contributed by atoms with E-state index in [4.69, 9.17) is 5.11 Å². The Kier molecular flexibility index (Phi) is 2.86. The topological polar surface area (TPSA) is 42.2 Å². The first-order chi connectivity index (χ1) is 5.33. The van der Waals surface area contributed by atoms with Gasteiger partial charge in [0.2, 0.25) is 0 Å². The first-order valence-corrected chi connectivity index (χ1v) is 3.60. The monoisotopic (exact) mass is 153 g/mol. The van der Waals surface area contributed by atoms with E-state index < -0.39 is 0 Å². The molecule has 0 saturated carbocycles. The lowest BCUT2D eigenvalue weighted by Crippen LogP contribution is -2.04. The molecule has 0 spiro atoms. The SMILES string of the molecule is O=c1ccn(CCCO)cc1. The van der Waals surface area contributed by atoms with Crippen molar-refractivity contribution >= 4 is 0 Å². The van der Waals surface area contributed by atoms with Crippen molar-refractivity contribution in [1.82, 2.24) is 4.57 Å². The first-order valence-electron chi connectivity index (χ1n) is 3.60. The third kappa shape index (κ3) is 2.55. The lowest BCUT2D eigenvalue weighted by Gasteiger charge is -2.01. The summed E-state index contributed by atoms with van der Waals surface area (Å²) in [6.45, 7) is 0.947. The number of aryl methyl sites for hydroxylation is 1. The zero-order valence-electron chi connectivity index (χ0n) is 6.23. The second kappa shape index (κ2) is 3.93. The third-order valence-corrected chi connectivity index (χ3v) is 1.43. The van der Waals surface area contributed by atoms with Gasteiger partial charge in [0.05, 0.1) is 0 Å². The highest BCUT2D eigenvalue weighted by Gasteiger charge is 1.87. The Morgan fingerprint density at radius 3 is 2.55 bits per heavy atom. The molecule has 11 heavy (non-hydrogen) atoms. The fourth-order valence-electron chi connectivity index (χ4n) is 0.846. The minimum atomic E-state index is 0.0187. The quantitative estimate of drug-likeness (QED) is 0.675. The minimum Gasteiger partial charge on any atom is -0.396 e. The average molecular weight is 153 g/mol. The Morgan fingerprint density at radius 2 is 2.00 bits per heavy atom. The maximum Gasteiger partial charge on any atom is 0.181 e. The van der Waals surface area contributed by atoms with E-state index in [1.165, 1.54) is 12.1 Å². The van der Waals surface area contributed by atoms with Crippen molar-refractivity contribution in [2.45, 2.75) is 13.0 Å². The highest BCUT2D eigenvalue weighted by atomic mass is 16.3. The number of hydrogen-bond acceptors (Lipinski definition) is 2. The standard InChI is InChI=1S/C8H11NO2/c10-7-1-4-9-5-2-8(11)3-6-9/h2-3,5-6,10H,1,4,7H2. The van der Waals surface area contributed by atoms with Crippen LogP contribution in [0.3, 0.4) is 0 Å². The number of aliphatic hydroxyl groups excluding tert-OH is 1. The van der Waals surface area contributed by atoms with Gasteiger partial charge in [0.25, 0.3) is 0 Å². The van der Waals surface area contributed by atoms with Crippen LogP contribution in [0, 0.1) is 0 Å². The van der Waals surface area contributed by atoms with Gasteiger partial charge in [-0.05, 0) is 6.42 Å². The lowest BCUT2D eigenvalue weighted by molar-refractivity contribution is 0.279. The molecule has 0 bridgehead atoms. The van der Waals surface area contributed by atoms with Crippen molar-refractivity contribution in [3.05, 3.63) is 34.7 Å². The van der Waals surface area contributed by atoms with Crippen molar-refractivity contribution < 1.29 is 5.11 Å². The number of aromatic nitrogens is 1. The number of hydrogen-bond donors (Lipinski definition) is 1. The molecule has 0 saturated heterocycles. The number of aliphatic hydroxyl groups is 1. The summed E-state index contributed by atoms with van der Waals surface area (Å²) in [7, 11) is 0. The summed E-state index contributed by atoms with van der Waals surface area (Å²) in [5.74, 6) is 0. The van der Waals surface area contributed by atoms with Gasteiger partial charge in [0.1, 0.15) is 0 Å². The van der Waals surface area contributed by atoms with Crippen molar-refractivity contribution in [2.24, 2.45) is 0 Å². The van der Waals surface area contributed by atoms with E-state index in [9.17, 15) is 4.79 Å². The summed E-state index contributed by atoms with van der Waals surface area (Å²) >= 11 is 0. The molecule has 60 valence electrons. The van der Waals surface area contributed by atoms with Crippen molar-refractivity contribution in [1.29, 1.82) is 0 Å². The van der Waals surface area contributed by atoms with E-state index in [0.717, 1.165) is 13.0 Å². The molecule has 1 aromatic heterocycles. The van der Waals surface area contributed by atoms with E-state index in [0.29, 0.717) is 0 Å². The van der Waals surface area contributed by atoms with Gasteiger partial charge in [0.15, 0.2) is 5.43 Å². The maximum atomic E-state index is 10.6. The second-order valence-electron chi connectivity index (χ2n) is 2.35. The van der Waals surface area contributed by atoms with Crippen LogP contribution < -0.4 is 5.43 Å². The summed E-state index contributed by atoms with van der Waals surface area (Å²) in [5.41, 5.74) is 0.0187. The van der Waals surface area contributed by atoms with Crippen molar-refractivity contribution in [3.63, 3.8) is 0 Å². The molecule has 0 radical (unpaired) electrons. The van der Waals surface area contributed by atoms with E-state index >= 15 is 0 Å². The highest BCUT2D eigenvalue weighted by Crippen LogP contribution is 1.87. The summed E-state index contributed by atoms with van der Waals surface area (Å²) in [4.78, 5) is 10.6. The van der Waals surface area contributed by atoms with Gasteiger partial charge in [0, 0.05) is 37.7 Å². The summed E-state index contributed by atoms with van der Waals surface area (Å²) < 4.78 is 1.87. The maximum absolute atomic E-state index is 10.6. The van der Waals surface area contributed by atoms with Gasteiger partial charge >= 0.3 is 0 Å². The second-order valence-corrected chi connectivity index (χ2v) is 2.35. The van der Waals surface area contributed by atoms with Crippen molar-refractivity contribution in [3.8, 4) is 0 Å². The third-order valence-electron chi connectivity index (χ3n) is 1.43. The molecule has 3 nitrogen and oxygen atoms in total. The molecular formula is C8H11NO2. The normalized spacial score (nSPS) is 9.91. The van der Waals surface area contributed by atoms with Crippen LogP contribution in [0.1, 0.15) is 6.42 Å². The van der Waals surface area contributed by atoms with Crippen LogP contribution in [0.4, 0.5) is 0 Å². The zero-order valence-corrected chi connectivity index (χ0v) is 6.23. The van der Waals surface area contributed by atoms with Crippen LogP contribution in [0.2, 0.25) is 0 Å². The van der Waals surface area contributed by atoms with E-state index in [1.54, 1.807) is 12.4 Å². The van der Waals surface area contributed by atoms with Crippen LogP contribution in [0.15, 0.2) is 29.3 Å². The van der Waals surface area contributed by atoms with Crippen LogP contribution in [-0.4, -0.2) is 16.3 Å². The molecule has 0 atom stereocenters. The Morgan fingerprint density at radius 1 is 1.36 bits per heavy atom. The van der Waals surface area contributed by atoms with Crippen LogP contribution in [-0.2, 0) is 6.54 Å². The molecular weight excluding hydrogens is 142 g/mol. The Balaban J connectivity index is 2.59. The fourth-order valence-corrected chi connectivity index (χ4v) is 0.846. The Hall–Kier alpha value is -1.09. The van der Waals surface area contributed by atoms with Gasteiger partial charge in [-0.1, -0.05) is 0 Å². The average Bonchev–Trinajstić information content (AvgIpc) is 2.04. The molecule has 1 aromatic rings. The van der Waals surface area contributed by atoms with Crippen LogP contribution in [0.5, 0.6) is 0 Å². The zero-order chi connectivity index (χ0) is 8.10. The number of rotatable bonds is 3. The van der Waals surface area contributed by atoms with Crippen molar-refractivity contribution in [2.75, 3.05) is 6.61 Å². The van der Waals surface area contributed by atoms with Gasteiger partial charge in [-0.2, -0.15) is 0 Å². The summed E-state index contributed by atoms with van der Waals surface area (Å²) in [6.07, 6.45) is 4.17. The molecule has 0 unspecified atom stereocenters. The molecule has 0 aliphatic carbocycles. The first kappa shape index (κ1) is 8.01. The van der Waals surface area contributed by atoms with Crippen LogP contribution in [0.25, 0.3) is 0 Å². The molecule has 0 amide bonds. The Labute approximate surface area is 64.9 Å². The molecule has 0 aliphatic heterocycles. The van der Waals surface area contributed by atoms with Crippen LogP contribution >= 0.6 is 0 Å². The van der Waals surface area contributed by atoms with Gasteiger partial charge in [-0.3, -0.25) is 4.79 Å². The smallest absolute Gasteiger partial charge is 0.181 e. The van der Waals surface area contributed by atoms with Gasteiger partial charge in [-0.15, -0.1) is 0 Å². The highest BCUT2D eigenvalue weighted by molar-refractivity contribution is 4.93. The largest absolute Gasteiger partial charge is 0.396 e. The van der Waals surface area contributed by atoms with Gasteiger partial charge < -0.3 is 9.67 Å². The minimum absolute atomic E-state index is 0.0187. The summed E-state index contributed by atoms with van der Waals surface area (Å²) in [5, 5.41) is 8.51. The molecule has 0 fully saturated rings. The predicted octanol–water partition coefficient (Wildman–Crippen LogP) is 0.231. The molecule has 1 heterocycles. The Bertz CT molecular complexity index is 247. The lowest BCUT2D eigenvalue weighted by atomic mass is 10.4. The summed E-state index contributed by atoms with van der Waals surface area (Å²) in [6, 6.07) is 3.02. The number of nitrogens with zero attached hydrogens (tertiary/aromatic N) is 1. The molecule has 3 heteroatoms. The van der Waals surface area contributed by atoms with E-state index in [-0.39, 0.29) is 12.0 Å². The van der Waals surface area contributed by atoms with E-state index in [1.807, 2.05) is 4.57 Å². The fraction of sp³-hybridized carbons (Fsp3) is 0.375. The molecule has 0 aromatic carbocycles. The van der Waals surface area contributed by atoms with E-state index in [2.05, 4.69) is 0 Å². The molecule has 0 aliphatic rings. The number of pyridine rings is 1.